The molecule has 0 aliphatic rings. The van der Waals surface area contributed by atoms with E-state index in [1.807, 2.05) is 39.8 Å². The molecule has 0 saturated carbocycles. The summed E-state index contributed by atoms with van der Waals surface area (Å²) in [5.74, 6) is 0.218. The first-order chi connectivity index (χ1) is 9.28. The molecule has 20 heavy (non-hydrogen) atoms. The van der Waals surface area contributed by atoms with Crippen LogP contribution in [0.5, 0.6) is 0 Å². The zero-order valence-electron chi connectivity index (χ0n) is 12.5. The van der Waals surface area contributed by atoms with Crippen LogP contribution in [0.4, 0.5) is 0 Å². The number of aryl methyl sites for hydroxylation is 2. The van der Waals surface area contributed by atoms with Gasteiger partial charge in [0.15, 0.2) is 0 Å². The maximum atomic E-state index is 12.7. The zero-order valence-corrected chi connectivity index (χ0v) is 13.4. The van der Waals surface area contributed by atoms with Crippen molar-refractivity contribution in [1.29, 1.82) is 5.26 Å². The highest BCUT2D eigenvalue weighted by Crippen LogP contribution is 2.20. The normalized spacial score (nSPS) is 11.8. The topological polar surface area (TPSA) is 61.2 Å². The Morgan fingerprint density at radius 1 is 1.25 bits per heavy atom. The van der Waals surface area contributed by atoms with Crippen molar-refractivity contribution in [2.24, 2.45) is 5.92 Å². The molecule has 0 radical (unpaired) electrons. The number of rotatable bonds is 6. The van der Waals surface area contributed by atoms with Crippen molar-refractivity contribution in [2.45, 2.75) is 39.0 Å². The van der Waals surface area contributed by atoms with E-state index >= 15 is 0 Å². The molecule has 1 aromatic carbocycles. The van der Waals surface area contributed by atoms with Gasteiger partial charge in [0.1, 0.15) is 0 Å². The Bertz CT molecular complexity index is 601. The SMILES string of the molecule is Cc1ccc(S(=O)(=O)N(CCC#N)CC(C)C)cc1C. The van der Waals surface area contributed by atoms with E-state index in [2.05, 4.69) is 0 Å². The third-order valence-electron chi connectivity index (χ3n) is 3.16. The van der Waals surface area contributed by atoms with Crippen molar-refractivity contribution in [2.75, 3.05) is 13.1 Å². The molecule has 0 heterocycles. The van der Waals surface area contributed by atoms with Gasteiger partial charge >= 0.3 is 0 Å². The van der Waals surface area contributed by atoms with Gasteiger partial charge in [0.05, 0.1) is 11.0 Å². The maximum Gasteiger partial charge on any atom is 0.243 e. The van der Waals surface area contributed by atoms with E-state index in [1.165, 1.54) is 4.31 Å². The fourth-order valence-corrected chi connectivity index (χ4v) is 3.60. The lowest BCUT2D eigenvalue weighted by atomic mass is 10.1. The van der Waals surface area contributed by atoms with Gasteiger partial charge in [-0.2, -0.15) is 9.57 Å². The van der Waals surface area contributed by atoms with Gasteiger partial charge in [0.25, 0.3) is 0 Å². The third-order valence-corrected chi connectivity index (χ3v) is 5.02. The molecular formula is C15H22N2O2S. The molecule has 0 spiro atoms. The lowest BCUT2D eigenvalue weighted by Gasteiger charge is -2.23. The van der Waals surface area contributed by atoms with Gasteiger partial charge in [-0.15, -0.1) is 0 Å². The number of hydrogen-bond donors (Lipinski definition) is 0. The van der Waals surface area contributed by atoms with Gasteiger partial charge in [-0.05, 0) is 43.0 Å². The van der Waals surface area contributed by atoms with E-state index in [1.54, 1.807) is 12.1 Å². The summed E-state index contributed by atoms with van der Waals surface area (Å²) in [6, 6.07) is 7.16. The average Bonchev–Trinajstić information content (AvgIpc) is 2.37. The number of nitriles is 1. The molecular weight excluding hydrogens is 272 g/mol. The molecule has 1 aromatic rings. The van der Waals surface area contributed by atoms with Crippen LogP contribution in [0.1, 0.15) is 31.4 Å². The number of benzene rings is 1. The molecule has 110 valence electrons. The largest absolute Gasteiger partial charge is 0.243 e. The predicted molar refractivity (Wildman–Crippen MR) is 79.7 cm³/mol. The number of nitrogens with zero attached hydrogens (tertiary/aromatic N) is 2. The molecule has 0 aliphatic heterocycles. The van der Waals surface area contributed by atoms with Gasteiger partial charge in [-0.3, -0.25) is 0 Å². The molecule has 0 N–H and O–H groups in total. The van der Waals surface area contributed by atoms with Crippen LogP contribution in [-0.4, -0.2) is 25.8 Å². The summed E-state index contributed by atoms with van der Waals surface area (Å²) in [4.78, 5) is 0.305. The van der Waals surface area contributed by atoms with Crippen LogP contribution in [0.25, 0.3) is 0 Å². The van der Waals surface area contributed by atoms with Crippen LogP contribution in [0, 0.1) is 31.1 Å². The molecule has 0 aromatic heterocycles. The second-order valence-electron chi connectivity index (χ2n) is 5.41. The molecule has 0 atom stereocenters. The van der Waals surface area contributed by atoms with Gasteiger partial charge in [-0.25, -0.2) is 8.42 Å². The Morgan fingerprint density at radius 3 is 2.40 bits per heavy atom. The van der Waals surface area contributed by atoms with Crippen molar-refractivity contribution in [3.63, 3.8) is 0 Å². The first-order valence-electron chi connectivity index (χ1n) is 6.73. The molecule has 0 unspecified atom stereocenters. The van der Waals surface area contributed by atoms with Crippen molar-refractivity contribution in [1.82, 2.24) is 4.31 Å². The van der Waals surface area contributed by atoms with E-state index < -0.39 is 10.0 Å². The number of hydrogen-bond acceptors (Lipinski definition) is 3. The summed E-state index contributed by atoms with van der Waals surface area (Å²) >= 11 is 0. The Kier molecular flexibility index (Phi) is 5.73. The fraction of sp³-hybridized carbons (Fsp3) is 0.533. The zero-order chi connectivity index (χ0) is 15.3. The second kappa shape index (κ2) is 6.87. The third kappa shape index (κ3) is 4.06. The first kappa shape index (κ1) is 16.7. The van der Waals surface area contributed by atoms with Crippen LogP contribution >= 0.6 is 0 Å². The summed E-state index contributed by atoms with van der Waals surface area (Å²) in [5, 5.41) is 8.69. The molecule has 5 heteroatoms. The van der Waals surface area contributed by atoms with E-state index in [-0.39, 0.29) is 18.9 Å². The minimum Gasteiger partial charge on any atom is -0.207 e. The smallest absolute Gasteiger partial charge is 0.207 e. The van der Waals surface area contributed by atoms with Crippen LogP contribution in [0.15, 0.2) is 23.1 Å². The molecule has 1 rings (SSSR count). The van der Waals surface area contributed by atoms with Gasteiger partial charge in [0, 0.05) is 19.5 Å². The molecule has 0 bridgehead atoms. The van der Waals surface area contributed by atoms with Crippen LogP contribution < -0.4 is 0 Å². The van der Waals surface area contributed by atoms with Crippen molar-refractivity contribution >= 4 is 10.0 Å². The standard InChI is InChI=1S/C15H22N2O2S/c1-12(2)11-17(9-5-8-16)20(18,19)15-7-6-13(3)14(4)10-15/h6-7,10,12H,5,9,11H2,1-4H3. The second-order valence-corrected chi connectivity index (χ2v) is 7.35. The summed E-state index contributed by atoms with van der Waals surface area (Å²) in [7, 11) is -3.53. The average molecular weight is 294 g/mol. The lowest BCUT2D eigenvalue weighted by Crippen LogP contribution is -2.35. The Balaban J connectivity index is 3.14. The molecule has 0 saturated heterocycles. The minimum atomic E-state index is -3.53. The van der Waals surface area contributed by atoms with Crippen molar-refractivity contribution < 1.29 is 8.42 Å². The van der Waals surface area contributed by atoms with Crippen LogP contribution in [0.2, 0.25) is 0 Å². The van der Waals surface area contributed by atoms with Gasteiger partial charge < -0.3 is 0 Å². The first-order valence-corrected chi connectivity index (χ1v) is 8.17. The summed E-state index contributed by atoms with van der Waals surface area (Å²) in [6.45, 7) is 8.45. The molecule has 0 amide bonds. The number of sulfonamides is 1. The van der Waals surface area contributed by atoms with E-state index in [0.717, 1.165) is 11.1 Å². The highest BCUT2D eigenvalue weighted by Gasteiger charge is 2.25. The van der Waals surface area contributed by atoms with Crippen LogP contribution in [-0.2, 0) is 10.0 Å². The molecule has 0 fully saturated rings. The van der Waals surface area contributed by atoms with E-state index in [9.17, 15) is 8.42 Å². The van der Waals surface area contributed by atoms with Crippen LogP contribution in [0.3, 0.4) is 0 Å². The lowest BCUT2D eigenvalue weighted by molar-refractivity contribution is 0.373. The monoisotopic (exact) mass is 294 g/mol. The summed E-state index contributed by atoms with van der Waals surface area (Å²) < 4.78 is 26.7. The van der Waals surface area contributed by atoms with Crippen molar-refractivity contribution in [3.8, 4) is 6.07 Å². The van der Waals surface area contributed by atoms with E-state index in [0.29, 0.717) is 11.4 Å². The van der Waals surface area contributed by atoms with E-state index in [4.69, 9.17) is 5.26 Å². The highest BCUT2D eigenvalue weighted by molar-refractivity contribution is 7.89. The summed E-state index contributed by atoms with van der Waals surface area (Å²) in [6.07, 6.45) is 0.205. The van der Waals surface area contributed by atoms with Gasteiger partial charge in [0.2, 0.25) is 10.0 Å². The van der Waals surface area contributed by atoms with Crippen molar-refractivity contribution in [3.05, 3.63) is 29.3 Å². The highest BCUT2D eigenvalue weighted by atomic mass is 32.2. The minimum absolute atomic E-state index is 0.205. The molecule has 4 nitrogen and oxygen atoms in total. The predicted octanol–water partition coefficient (Wildman–Crippen LogP) is 2.86. The van der Waals surface area contributed by atoms with Gasteiger partial charge in [-0.1, -0.05) is 19.9 Å². The fourth-order valence-electron chi connectivity index (χ4n) is 1.91. The Hall–Kier alpha value is -1.38. The Labute approximate surface area is 122 Å². The Morgan fingerprint density at radius 2 is 1.90 bits per heavy atom. The quantitative estimate of drug-likeness (QED) is 0.810. The maximum absolute atomic E-state index is 12.7. The molecule has 0 aliphatic carbocycles. The summed E-state index contributed by atoms with van der Waals surface area (Å²) in [5.41, 5.74) is 2.02.